The van der Waals surface area contributed by atoms with Crippen molar-refractivity contribution in [2.75, 3.05) is 13.1 Å². The van der Waals surface area contributed by atoms with Crippen LogP contribution in [0.15, 0.2) is 6.07 Å². The Kier molecular flexibility index (Phi) is 6.88. The second kappa shape index (κ2) is 7.95. The van der Waals surface area contributed by atoms with Gasteiger partial charge in [0.15, 0.2) is 0 Å². The fraction of sp³-hybridized carbons (Fsp3) is 0.824. The Morgan fingerprint density at radius 2 is 1.76 bits per heavy atom. The lowest BCUT2D eigenvalue weighted by Crippen LogP contribution is -2.56. The molecule has 0 saturated carbocycles. The van der Waals surface area contributed by atoms with Gasteiger partial charge in [0.25, 0.3) is 0 Å². The highest BCUT2D eigenvalue weighted by Crippen LogP contribution is 2.30. The molecule has 0 bridgehead atoms. The molecule has 1 aromatic heterocycles. The van der Waals surface area contributed by atoms with Crippen LogP contribution < -0.4 is 0 Å². The van der Waals surface area contributed by atoms with E-state index in [2.05, 4.69) is 50.7 Å². The lowest BCUT2D eigenvalue weighted by molar-refractivity contribution is -0.0349. The van der Waals surface area contributed by atoms with Crippen LogP contribution in [0.5, 0.6) is 0 Å². The molecule has 122 valence electrons. The van der Waals surface area contributed by atoms with Crippen LogP contribution in [0.1, 0.15) is 58.8 Å². The fourth-order valence-electron chi connectivity index (χ4n) is 3.66. The molecule has 1 aromatic rings. The summed E-state index contributed by atoms with van der Waals surface area (Å²) in [5.41, 5.74) is 2.03. The minimum atomic E-state index is -0.367. The maximum atomic E-state index is 11.0. The van der Waals surface area contributed by atoms with Crippen molar-refractivity contribution >= 4 is 0 Å². The number of likely N-dealkylation sites (N-methyl/N-ethyl adjacent to an activating group) is 1. The van der Waals surface area contributed by atoms with Gasteiger partial charge in [0.05, 0.1) is 11.8 Å². The van der Waals surface area contributed by atoms with Crippen molar-refractivity contribution in [1.29, 1.82) is 0 Å². The molecule has 0 amide bonds. The van der Waals surface area contributed by atoms with Gasteiger partial charge in [0.1, 0.15) is 0 Å². The smallest absolute Gasteiger partial charge is 0.0778 e. The molecule has 1 heterocycles. The third kappa shape index (κ3) is 3.67. The third-order valence-corrected chi connectivity index (χ3v) is 4.93. The number of nitrogens with zero attached hydrogens (tertiary/aromatic N) is 3. The quantitative estimate of drug-likeness (QED) is 0.761. The number of aliphatic hydroxyl groups excluding tert-OH is 1. The average molecular weight is 295 g/mol. The van der Waals surface area contributed by atoms with Gasteiger partial charge in [-0.1, -0.05) is 27.7 Å². The Labute approximate surface area is 130 Å². The minimum Gasteiger partial charge on any atom is -0.391 e. The van der Waals surface area contributed by atoms with Crippen molar-refractivity contribution in [3.05, 3.63) is 17.5 Å². The molecule has 1 N–H and O–H groups in total. The Morgan fingerprint density at radius 1 is 1.19 bits per heavy atom. The Bertz CT molecular complexity index is 420. The van der Waals surface area contributed by atoms with Gasteiger partial charge in [-0.15, -0.1) is 0 Å². The summed E-state index contributed by atoms with van der Waals surface area (Å²) in [6, 6.07) is 2.10. The molecule has 4 nitrogen and oxygen atoms in total. The van der Waals surface area contributed by atoms with Crippen LogP contribution >= 0.6 is 0 Å². The van der Waals surface area contributed by atoms with E-state index in [1.807, 2.05) is 11.6 Å². The van der Waals surface area contributed by atoms with Crippen molar-refractivity contribution in [3.63, 3.8) is 0 Å². The van der Waals surface area contributed by atoms with Crippen LogP contribution in [0.3, 0.4) is 0 Å². The fourth-order valence-corrected chi connectivity index (χ4v) is 3.66. The number of aromatic nitrogens is 2. The van der Waals surface area contributed by atoms with Crippen molar-refractivity contribution in [1.82, 2.24) is 14.7 Å². The van der Waals surface area contributed by atoms with Gasteiger partial charge in [0, 0.05) is 24.2 Å². The van der Waals surface area contributed by atoms with Crippen LogP contribution in [0.25, 0.3) is 0 Å². The van der Waals surface area contributed by atoms with Crippen LogP contribution in [-0.4, -0.2) is 44.5 Å². The number of rotatable bonds is 9. The molecule has 0 fully saturated rings. The first kappa shape index (κ1) is 18.2. The standard InChI is InChI=1S/C17H33N3O/c1-7-17(8-2,19(9-3)10-4)16(21)13-15-12-14(6)18-20(15)11-5/h12,16,21H,7-11,13H2,1-6H3. The van der Waals surface area contributed by atoms with Gasteiger partial charge < -0.3 is 5.11 Å². The predicted octanol–water partition coefficient (Wildman–Crippen LogP) is 3.02. The summed E-state index contributed by atoms with van der Waals surface area (Å²) in [6.45, 7) is 15.6. The summed E-state index contributed by atoms with van der Waals surface area (Å²) in [7, 11) is 0. The van der Waals surface area contributed by atoms with E-state index in [1.165, 1.54) is 0 Å². The molecule has 0 radical (unpaired) electrons. The van der Waals surface area contributed by atoms with E-state index in [4.69, 9.17) is 0 Å². The van der Waals surface area contributed by atoms with Crippen molar-refractivity contribution in [2.24, 2.45) is 0 Å². The van der Waals surface area contributed by atoms with E-state index >= 15 is 0 Å². The molecule has 0 saturated heterocycles. The van der Waals surface area contributed by atoms with Gasteiger partial charge in [-0.25, -0.2) is 0 Å². The Balaban J connectivity index is 3.03. The minimum absolute atomic E-state index is 0.139. The van der Waals surface area contributed by atoms with E-state index in [-0.39, 0.29) is 11.6 Å². The highest BCUT2D eigenvalue weighted by Gasteiger charge is 2.39. The van der Waals surface area contributed by atoms with Gasteiger partial charge in [-0.05, 0) is 45.8 Å². The number of aryl methyl sites for hydroxylation is 2. The molecular formula is C17H33N3O. The Morgan fingerprint density at radius 3 is 2.19 bits per heavy atom. The normalized spacial score (nSPS) is 13.9. The van der Waals surface area contributed by atoms with Gasteiger partial charge in [0.2, 0.25) is 0 Å². The zero-order valence-electron chi connectivity index (χ0n) is 14.7. The van der Waals surface area contributed by atoms with Gasteiger partial charge >= 0.3 is 0 Å². The zero-order chi connectivity index (χ0) is 16.0. The first-order chi connectivity index (χ1) is 9.98. The van der Waals surface area contributed by atoms with Gasteiger partial charge in [-0.3, -0.25) is 9.58 Å². The molecule has 1 rings (SSSR count). The first-order valence-corrected chi connectivity index (χ1v) is 8.45. The van der Waals surface area contributed by atoms with Crippen LogP contribution in [0.4, 0.5) is 0 Å². The summed E-state index contributed by atoms with van der Waals surface area (Å²) >= 11 is 0. The summed E-state index contributed by atoms with van der Waals surface area (Å²) in [5, 5.41) is 15.5. The largest absolute Gasteiger partial charge is 0.391 e. The summed E-state index contributed by atoms with van der Waals surface area (Å²) in [5.74, 6) is 0. The SMILES string of the molecule is CCN(CC)C(CC)(CC)C(O)Cc1cc(C)nn1CC. The lowest BCUT2D eigenvalue weighted by Gasteiger charge is -2.45. The van der Waals surface area contributed by atoms with Crippen molar-refractivity contribution in [3.8, 4) is 0 Å². The monoisotopic (exact) mass is 295 g/mol. The molecule has 1 unspecified atom stereocenters. The third-order valence-electron chi connectivity index (χ3n) is 4.93. The highest BCUT2D eigenvalue weighted by atomic mass is 16.3. The molecule has 1 atom stereocenters. The predicted molar refractivity (Wildman–Crippen MR) is 88.6 cm³/mol. The van der Waals surface area contributed by atoms with Crippen LogP contribution in [0.2, 0.25) is 0 Å². The van der Waals surface area contributed by atoms with E-state index in [1.54, 1.807) is 0 Å². The van der Waals surface area contributed by atoms with Crippen molar-refractivity contribution < 1.29 is 5.11 Å². The zero-order valence-corrected chi connectivity index (χ0v) is 14.7. The summed E-state index contributed by atoms with van der Waals surface area (Å²) < 4.78 is 2.01. The topological polar surface area (TPSA) is 41.3 Å². The van der Waals surface area contributed by atoms with Gasteiger partial charge in [-0.2, -0.15) is 5.10 Å². The molecule has 0 aliphatic carbocycles. The molecule has 0 spiro atoms. The van der Waals surface area contributed by atoms with E-state index in [0.29, 0.717) is 6.42 Å². The molecule has 0 aromatic carbocycles. The summed E-state index contributed by atoms with van der Waals surface area (Å²) in [6.07, 6.45) is 2.23. The maximum Gasteiger partial charge on any atom is 0.0778 e. The van der Waals surface area contributed by atoms with Crippen LogP contribution in [0, 0.1) is 6.92 Å². The van der Waals surface area contributed by atoms with E-state index < -0.39 is 0 Å². The number of hydrogen-bond acceptors (Lipinski definition) is 3. The molecule has 0 aliphatic rings. The number of hydrogen-bond donors (Lipinski definition) is 1. The molecular weight excluding hydrogens is 262 g/mol. The number of aliphatic hydroxyl groups is 1. The molecule has 21 heavy (non-hydrogen) atoms. The van der Waals surface area contributed by atoms with Crippen LogP contribution in [-0.2, 0) is 13.0 Å². The molecule has 4 heteroatoms. The lowest BCUT2D eigenvalue weighted by atomic mass is 9.82. The molecule has 0 aliphatic heterocycles. The first-order valence-electron chi connectivity index (χ1n) is 8.45. The van der Waals surface area contributed by atoms with E-state index in [0.717, 1.165) is 43.9 Å². The second-order valence-electron chi connectivity index (χ2n) is 5.80. The summed E-state index contributed by atoms with van der Waals surface area (Å²) in [4.78, 5) is 2.41. The Hall–Kier alpha value is -0.870. The highest BCUT2D eigenvalue weighted by molar-refractivity contribution is 5.12. The van der Waals surface area contributed by atoms with Crippen molar-refractivity contribution in [2.45, 2.75) is 79.0 Å². The maximum absolute atomic E-state index is 11.0. The average Bonchev–Trinajstić information content (AvgIpc) is 2.84. The van der Waals surface area contributed by atoms with E-state index in [9.17, 15) is 5.11 Å². The second-order valence-corrected chi connectivity index (χ2v) is 5.80.